The Morgan fingerprint density at radius 3 is 3.00 bits per heavy atom. The van der Waals surface area contributed by atoms with Crippen molar-refractivity contribution in [3.63, 3.8) is 0 Å². The maximum Gasteiger partial charge on any atom is 0.227 e. The van der Waals surface area contributed by atoms with Gasteiger partial charge in [0, 0.05) is 18.6 Å². The average Bonchev–Trinajstić information content (AvgIpc) is 2.50. The number of ether oxygens (including phenoxy) is 1. The Kier molecular flexibility index (Phi) is 6.26. The molecule has 4 nitrogen and oxygen atoms in total. The second-order valence-electron chi connectivity index (χ2n) is 5.06. The van der Waals surface area contributed by atoms with Crippen LogP contribution in [-0.4, -0.2) is 30.3 Å². The SMILES string of the molecule is O=C(CC1CCCCO1)Nc1ccccc1C#CCCO. The van der Waals surface area contributed by atoms with Crippen LogP contribution < -0.4 is 5.32 Å². The zero-order valence-electron chi connectivity index (χ0n) is 12.1. The van der Waals surface area contributed by atoms with Gasteiger partial charge in [0.05, 0.1) is 24.8 Å². The molecule has 1 saturated heterocycles. The van der Waals surface area contributed by atoms with Crippen molar-refractivity contribution < 1.29 is 14.6 Å². The zero-order valence-corrected chi connectivity index (χ0v) is 12.1. The third-order valence-corrected chi connectivity index (χ3v) is 3.35. The van der Waals surface area contributed by atoms with Crippen LogP contribution in [0.25, 0.3) is 0 Å². The van der Waals surface area contributed by atoms with Gasteiger partial charge in [0.1, 0.15) is 0 Å². The number of rotatable bonds is 4. The van der Waals surface area contributed by atoms with E-state index in [1.165, 1.54) is 0 Å². The van der Waals surface area contributed by atoms with E-state index in [2.05, 4.69) is 17.2 Å². The summed E-state index contributed by atoms with van der Waals surface area (Å²) in [6, 6.07) is 7.44. The second kappa shape index (κ2) is 8.46. The topological polar surface area (TPSA) is 58.6 Å². The summed E-state index contributed by atoms with van der Waals surface area (Å²) in [4.78, 5) is 12.1. The highest BCUT2D eigenvalue weighted by atomic mass is 16.5. The Morgan fingerprint density at radius 1 is 1.38 bits per heavy atom. The van der Waals surface area contributed by atoms with Gasteiger partial charge < -0.3 is 15.2 Å². The number of aliphatic hydroxyl groups excluding tert-OH is 1. The van der Waals surface area contributed by atoms with Crippen molar-refractivity contribution in [2.24, 2.45) is 0 Å². The standard InChI is InChI=1S/C17H21NO3/c19-11-5-3-8-14-7-1-2-10-16(14)18-17(20)13-15-9-4-6-12-21-15/h1-2,7,10,15,19H,4-6,9,11-13H2,(H,18,20). The van der Waals surface area contributed by atoms with Gasteiger partial charge >= 0.3 is 0 Å². The quantitative estimate of drug-likeness (QED) is 0.836. The number of benzene rings is 1. The smallest absolute Gasteiger partial charge is 0.227 e. The summed E-state index contributed by atoms with van der Waals surface area (Å²) < 4.78 is 5.58. The number of hydrogen-bond acceptors (Lipinski definition) is 3. The van der Waals surface area contributed by atoms with E-state index in [1.54, 1.807) is 0 Å². The van der Waals surface area contributed by atoms with Crippen LogP contribution in [0.2, 0.25) is 0 Å². The number of hydrogen-bond donors (Lipinski definition) is 2. The first kappa shape index (κ1) is 15.6. The molecule has 0 aliphatic carbocycles. The molecule has 1 aliphatic heterocycles. The highest BCUT2D eigenvalue weighted by molar-refractivity contribution is 5.92. The number of carbonyl (C=O) groups is 1. The van der Waals surface area contributed by atoms with Crippen molar-refractivity contribution >= 4 is 11.6 Å². The monoisotopic (exact) mass is 287 g/mol. The molecule has 1 atom stereocenters. The Hall–Kier alpha value is -1.83. The number of nitrogens with one attached hydrogen (secondary N) is 1. The number of aliphatic hydroxyl groups is 1. The van der Waals surface area contributed by atoms with Gasteiger partial charge in [-0.25, -0.2) is 0 Å². The highest BCUT2D eigenvalue weighted by Crippen LogP contribution is 2.18. The van der Waals surface area contributed by atoms with E-state index in [9.17, 15) is 4.79 Å². The Bertz CT molecular complexity index is 524. The predicted octanol–water partition coefficient (Wildman–Crippen LogP) is 2.32. The molecule has 2 N–H and O–H groups in total. The molecule has 1 aliphatic rings. The molecule has 1 unspecified atom stereocenters. The van der Waals surface area contributed by atoms with Crippen LogP contribution in [-0.2, 0) is 9.53 Å². The van der Waals surface area contributed by atoms with Crippen molar-refractivity contribution in [2.45, 2.75) is 38.2 Å². The fraction of sp³-hybridized carbons (Fsp3) is 0.471. The summed E-state index contributed by atoms with van der Waals surface area (Å²) in [5.41, 5.74) is 1.48. The normalized spacial score (nSPS) is 17.7. The molecule has 1 aromatic rings. The Morgan fingerprint density at radius 2 is 2.24 bits per heavy atom. The summed E-state index contributed by atoms with van der Waals surface area (Å²) in [5.74, 6) is 5.79. The third-order valence-electron chi connectivity index (χ3n) is 3.35. The summed E-state index contributed by atoms with van der Waals surface area (Å²) >= 11 is 0. The van der Waals surface area contributed by atoms with Crippen molar-refractivity contribution in [3.05, 3.63) is 29.8 Å². The van der Waals surface area contributed by atoms with Crippen LogP contribution in [0.15, 0.2) is 24.3 Å². The summed E-state index contributed by atoms with van der Waals surface area (Å²) in [6.45, 7) is 0.793. The first-order valence-electron chi connectivity index (χ1n) is 7.40. The van der Waals surface area contributed by atoms with Crippen LogP contribution >= 0.6 is 0 Å². The molecule has 4 heteroatoms. The van der Waals surface area contributed by atoms with Crippen LogP contribution in [0.3, 0.4) is 0 Å². The van der Waals surface area contributed by atoms with Crippen molar-refractivity contribution in [1.29, 1.82) is 0 Å². The Labute approximate surface area is 125 Å². The van der Waals surface area contributed by atoms with Crippen molar-refractivity contribution in [1.82, 2.24) is 0 Å². The van der Waals surface area contributed by atoms with E-state index in [0.717, 1.165) is 31.4 Å². The number of anilines is 1. The van der Waals surface area contributed by atoms with Crippen molar-refractivity contribution in [3.8, 4) is 11.8 Å². The van der Waals surface area contributed by atoms with Crippen LogP contribution in [0, 0.1) is 11.8 Å². The van der Waals surface area contributed by atoms with E-state index in [4.69, 9.17) is 9.84 Å². The molecular formula is C17H21NO3. The van der Waals surface area contributed by atoms with Gasteiger partial charge in [-0.2, -0.15) is 0 Å². The molecule has 1 amide bonds. The summed E-state index contributed by atoms with van der Waals surface area (Å²) in [7, 11) is 0. The molecule has 112 valence electrons. The molecule has 21 heavy (non-hydrogen) atoms. The van der Waals surface area contributed by atoms with Gasteiger partial charge in [-0.1, -0.05) is 24.0 Å². The molecule has 0 saturated carbocycles. The maximum atomic E-state index is 12.1. The Balaban J connectivity index is 1.95. The molecule has 1 fully saturated rings. The molecule has 2 rings (SSSR count). The lowest BCUT2D eigenvalue weighted by molar-refractivity contribution is -0.119. The third kappa shape index (κ3) is 5.22. The van der Waals surface area contributed by atoms with Gasteiger partial charge in [-0.3, -0.25) is 4.79 Å². The molecule has 1 heterocycles. The van der Waals surface area contributed by atoms with Gasteiger partial charge in [0.15, 0.2) is 0 Å². The fourth-order valence-corrected chi connectivity index (χ4v) is 2.29. The molecule has 0 radical (unpaired) electrons. The largest absolute Gasteiger partial charge is 0.395 e. The number of para-hydroxylation sites is 1. The second-order valence-corrected chi connectivity index (χ2v) is 5.06. The molecule has 1 aromatic carbocycles. The number of amides is 1. The summed E-state index contributed by atoms with van der Waals surface area (Å²) in [5, 5.41) is 11.7. The average molecular weight is 287 g/mol. The van der Waals surface area contributed by atoms with Gasteiger partial charge in [-0.15, -0.1) is 0 Å². The van der Waals surface area contributed by atoms with E-state index >= 15 is 0 Å². The minimum Gasteiger partial charge on any atom is -0.395 e. The highest BCUT2D eigenvalue weighted by Gasteiger charge is 2.18. The van der Waals surface area contributed by atoms with E-state index in [0.29, 0.717) is 18.5 Å². The van der Waals surface area contributed by atoms with Crippen LogP contribution in [0.1, 0.15) is 37.7 Å². The van der Waals surface area contributed by atoms with Gasteiger partial charge in [0.2, 0.25) is 5.91 Å². The summed E-state index contributed by atoms with van der Waals surface area (Å²) in [6.07, 6.45) is 4.01. The van der Waals surface area contributed by atoms with Gasteiger partial charge in [-0.05, 0) is 31.4 Å². The maximum absolute atomic E-state index is 12.1. The van der Waals surface area contributed by atoms with E-state index < -0.39 is 0 Å². The fourth-order valence-electron chi connectivity index (χ4n) is 2.29. The lowest BCUT2D eigenvalue weighted by Crippen LogP contribution is -2.25. The van der Waals surface area contributed by atoms with Crippen LogP contribution in [0.5, 0.6) is 0 Å². The van der Waals surface area contributed by atoms with Gasteiger partial charge in [0.25, 0.3) is 0 Å². The first-order valence-corrected chi connectivity index (χ1v) is 7.40. The molecule has 0 aromatic heterocycles. The zero-order chi connectivity index (χ0) is 14.9. The van der Waals surface area contributed by atoms with Crippen molar-refractivity contribution in [2.75, 3.05) is 18.5 Å². The minimum atomic E-state index is -0.0432. The number of carbonyl (C=O) groups excluding carboxylic acids is 1. The van der Waals surface area contributed by atoms with Crippen LogP contribution in [0.4, 0.5) is 5.69 Å². The van der Waals surface area contributed by atoms with E-state index in [-0.39, 0.29) is 18.6 Å². The lowest BCUT2D eigenvalue weighted by Gasteiger charge is -2.22. The first-order chi connectivity index (χ1) is 10.3. The molecular weight excluding hydrogens is 266 g/mol. The van der Waals surface area contributed by atoms with E-state index in [1.807, 2.05) is 24.3 Å². The lowest BCUT2D eigenvalue weighted by atomic mass is 10.1. The molecule has 0 bridgehead atoms. The predicted molar refractivity (Wildman–Crippen MR) is 81.9 cm³/mol. The minimum absolute atomic E-state index is 0.0337. The molecule has 0 spiro atoms.